The monoisotopic (exact) mass is 450 g/mol. The third-order valence-corrected chi connectivity index (χ3v) is 6.54. The summed E-state index contributed by atoms with van der Waals surface area (Å²) in [6.45, 7) is 2.19. The van der Waals surface area contributed by atoms with E-state index >= 15 is 0 Å². The molecular formula is C24H23FN4O4. The van der Waals surface area contributed by atoms with Crippen LogP contribution >= 0.6 is 0 Å². The fraction of sp³-hybridized carbons (Fsp3) is 0.333. The molecule has 2 aromatic carbocycles. The van der Waals surface area contributed by atoms with E-state index in [0.717, 1.165) is 47.1 Å². The number of carbonyl (C=O) groups is 4. The van der Waals surface area contributed by atoms with Crippen molar-refractivity contribution in [3.05, 3.63) is 70.5 Å². The second-order valence-electron chi connectivity index (χ2n) is 8.60. The van der Waals surface area contributed by atoms with Crippen LogP contribution in [0, 0.1) is 5.82 Å². The van der Waals surface area contributed by atoms with Crippen molar-refractivity contribution >= 4 is 23.8 Å². The molecular weight excluding hydrogens is 427 g/mol. The van der Waals surface area contributed by atoms with Gasteiger partial charge >= 0.3 is 6.03 Å². The van der Waals surface area contributed by atoms with Crippen LogP contribution in [0.4, 0.5) is 9.18 Å². The van der Waals surface area contributed by atoms with Crippen LogP contribution in [0.15, 0.2) is 42.5 Å². The lowest BCUT2D eigenvalue weighted by Gasteiger charge is -2.32. The Kier molecular flexibility index (Phi) is 5.41. The molecule has 0 aliphatic carbocycles. The highest BCUT2D eigenvalue weighted by Crippen LogP contribution is 2.31. The number of amides is 5. The Morgan fingerprint density at radius 1 is 0.909 bits per heavy atom. The predicted molar refractivity (Wildman–Crippen MR) is 115 cm³/mol. The van der Waals surface area contributed by atoms with Gasteiger partial charge in [0.25, 0.3) is 11.8 Å². The van der Waals surface area contributed by atoms with Crippen LogP contribution in [0.1, 0.15) is 57.0 Å². The minimum absolute atomic E-state index is 0.0211. The van der Waals surface area contributed by atoms with Crippen LogP contribution in [0.3, 0.4) is 0 Å². The molecule has 3 aliphatic rings. The Hall–Kier alpha value is -3.59. The van der Waals surface area contributed by atoms with E-state index in [1.165, 1.54) is 6.07 Å². The Bertz CT molecular complexity index is 1160. The number of fused-ring (bicyclic) bond motifs is 1. The molecule has 5 rings (SSSR count). The van der Waals surface area contributed by atoms with Crippen molar-refractivity contribution < 1.29 is 23.6 Å². The van der Waals surface area contributed by atoms with Gasteiger partial charge in [-0.15, -0.1) is 0 Å². The van der Waals surface area contributed by atoms with Gasteiger partial charge in [0.15, 0.2) is 0 Å². The van der Waals surface area contributed by atoms with Crippen LogP contribution in [-0.2, 0) is 11.3 Å². The zero-order valence-corrected chi connectivity index (χ0v) is 17.9. The van der Waals surface area contributed by atoms with E-state index < -0.39 is 23.8 Å². The first-order valence-electron chi connectivity index (χ1n) is 11.0. The normalized spacial score (nSPS) is 19.8. The zero-order chi connectivity index (χ0) is 23.1. The topological polar surface area (TPSA) is 90.0 Å². The molecule has 0 spiro atoms. The largest absolute Gasteiger partial charge is 0.343 e. The number of imide groups is 2. The molecule has 2 saturated heterocycles. The number of rotatable bonds is 4. The Labute approximate surface area is 189 Å². The van der Waals surface area contributed by atoms with E-state index in [1.807, 2.05) is 18.2 Å². The minimum atomic E-state index is -0.779. The highest BCUT2D eigenvalue weighted by molar-refractivity contribution is 6.22. The van der Waals surface area contributed by atoms with Crippen molar-refractivity contribution in [2.75, 3.05) is 19.6 Å². The number of carbonyl (C=O) groups excluding carboxylic acids is 4. The number of nitrogens with one attached hydrogen (secondary N) is 1. The van der Waals surface area contributed by atoms with E-state index in [4.69, 9.17) is 0 Å². The number of likely N-dealkylation sites (tertiary alicyclic amines) is 1. The van der Waals surface area contributed by atoms with Gasteiger partial charge in [-0.25, -0.2) is 14.2 Å². The molecule has 2 aromatic rings. The van der Waals surface area contributed by atoms with E-state index in [2.05, 4.69) is 10.2 Å². The van der Waals surface area contributed by atoms with E-state index in [9.17, 15) is 23.6 Å². The molecule has 2 fully saturated rings. The predicted octanol–water partition coefficient (Wildman–Crippen LogP) is 2.66. The summed E-state index contributed by atoms with van der Waals surface area (Å²) in [4.78, 5) is 51.5. The summed E-state index contributed by atoms with van der Waals surface area (Å²) < 4.78 is 14.1. The van der Waals surface area contributed by atoms with Crippen molar-refractivity contribution in [1.82, 2.24) is 20.2 Å². The third kappa shape index (κ3) is 3.89. The number of hydrogen-bond donors (Lipinski definition) is 1. The molecule has 170 valence electrons. The smallest absolute Gasteiger partial charge is 0.299 e. The Morgan fingerprint density at radius 3 is 2.36 bits per heavy atom. The second kappa shape index (κ2) is 8.40. The molecule has 0 aromatic heterocycles. The number of halogens is 1. The number of urea groups is 1. The number of benzene rings is 2. The van der Waals surface area contributed by atoms with Crippen molar-refractivity contribution in [2.24, 2.45) is 0 Å². The molecule has 5 amide bonds. The lowest BCUT2D eigenvalue weighted by molar-refractivity contribution is -0.122. The van der Waals surface area contributed by atoms with Crippen molar-refractivity contribution in [3.63, 3.8) is 0 Å². The van der Waals surface area contributed by atoms with Crippen molar-refractivity contribution in [2.45, 2.75) is 31.7 Å². The molecule has 0 saturated carbocycles. The summed E-state index contributed by atoms with van der Waals surface area (Å²) in [5, 5.41) is 3.93. The van der Waals surface area contributed by atoms with E-state index in [-0.39, 0.29) is 35.8 Å². The van der Waals surface area contributed by atoms with Gasteiger partial charge in [0.05, 0.1) is 17.7 Å². The van der Waals surface area contributed by atoms with Gasteiger partial charge in [-0.1, -0.05) is 24.3 Å². The van der Waals surface area contributed by atoms with Crippen LogP contribution in [0.2, 0.25) is 0 Å². The molecule has 0 bridgehead atoms. The molecule has 1 N–H and O–H groups in total. The first kappa shape index (κ1) is 21.3. The van der Waals surface area contributed by atoms with Gasteiger partial charge in [0.1, 0.15) is 5.82 Å². The zero-order valence-electron chi connectivity index (χ0n) is 17.9. The molecule has 3 aliphatic heterocycles. The average Bonchev–Trinajstić information content (AvgIpc) is 3.05. The molecule has 9 heteroatoms. The standard InChI is InChI=1S/C24H23FN4O4/c25-20-4-2-1-3-17(20)16-7-10-27(11-8-16)14-15-5-6-18-19(13-15)23(32)29(22(18)31)28-12-9-21(30)26-24(28)33/h1-6,13,16H,7-12,14H2,(H,26,30,33). The van der Waals surface area contributed by atoms with Gasteiger partial charge in [0.2, 0.25) is 5.91 Å². The number of hydrazine groups is 1. The fourth-order valence-corrected chi connectivity index (χ4v) is 4.81. The first-order chi connectivity index (χ1) is 15.9. The van der Waals surface area contributed by atoms with Gasteiger partial charge < -0.3 is 0 Å². The molecule has 0 atom stereocenters. The summed E-state index contributed by atoms with van der Waals surface area (Å²) in [6.07, 6.45) is 1.72. The van der Waals surface area contributed by atoms with Crippen LogP contribution in [-0.4, -0.2) is 58.3 Å². The number of piperidine rings is 1. The maximum atomic E-state index is 14.1. The fourth-order valence-electron chi connectivity index (χ4n) is 4.81. The maximum absolute atomic E-state index is 14.1. The Morgan fingerprint density at radius 2 is 1.64 bits per heavy atom. The SMILES string of the molecule is O=C1CCN(N2C(=O)c3ccc(CN4CCC(c5ccccc5F)CC4)cc3C2=O)C(=O)N1. The van der Waals surface area contributed by atoms with Crippen molar-refractivity contribution in [1.29, 1.82) is 0 Å². The summed E-state index contributed by atoms with van der Waals surface area (Å²) in [5.41, 5.74) is 2.15. The molecule has 33 heavy (non-hydrogen) atoms. The summed E-state index contributed by atoms with van der Waals surface area (Å²) in [6, 6.07) is 11.3. The highest BCUT2D eigenvalue weighted by atomic mass is 19.1. The number of hydrogen-bond acceptors (Lipinski definition) is 5. The van der Waals surface area contributed by atoms with Gasteiger partial charge in [0, 0.05) is 13.0 Å². The van der Waals surface area contributed by atoms with Crippen LogP contribution in [0.25, 0.3) is 0 Å². The first-order valence-corrected chi connectivity index (χ1v) is 11.0. The quantitative estimate of drug-likeness (QED) is 0.724. The molecule has 0 unspecified atom stereocenters. The Balaban J connectivity index is 1.26. The number of nitrogens with zero attached hydrogens (tertiary/aromatic N) is 3. The van der Waals surface area contributed by atoms with Gasteiger partial charge in [-0.05, 0) is 61.2 Å². The second-order valence-corrected chi connectivity index (χ2v) is 8.60. The van der Waals surface area contributed by atoms with Gasteiger partial charge in [-0.3, -0.25) is 24.6 Å². The lowest BCUT2D eigenvalue weighted by atomic mass is 9.89. The van der Waals surface area contributed by atoms with Crippen LogP contribution in [0.5, 0.6) is 0 Å². The third-order valence-electron chi connectivity index (χ3n) is 6.54. The summed E-state index contributed by atoms with van der Waals surface area (Å²) >= 11 is 0. The van der Waals surface area contributed by atoms with E-state index in [1.54, 1.807) is 18.2 Å². The van der Waals surface area contributed by atoms with Gasteiger partial charge in [-0.2, -0.15) is 5.01 Å². The maximum Gasteiger partial charge on any atom is 0.343 e. The lowest BCUT2D eigenvalue weighted by Crippen LogP contribution is -2.58. The molecule has 8 nitrogen and oxygen atoms in total. The average molecular weight is 450 g/mol. The summed E-state index contributed by atoms with van der Waals surface area (Å²) in [5.74, 6) is -1.54. The molecule has 3 heterocycles. The minimum Gasteiger partial charge on any atom is -0.299 e. The molecule has 0 radical (unpaired) electrons. The highest BCUT2D eigenvalue weighted by Gasteiger charge is 2.43. The van der Waals surface area contributed by atoms with E-state index in [0.29, 0.717) is 6.54 Å². The van der Waals surface area contributed by atoms with Crippen LogP contribution < -0.4 is 5.32 Å². The van der Waals surface area contributed by atoms with Crippen molar-refractivity contribution in [3.8, 4) is 0 Å². The summed E-state index contributed by atoms with van der Waals surface area (Å²) in [7, 11) is 0.